The summed E-state index contributed by atoms with van der Waals surface area (Å²) in [7, 11) is -2.44. The smallest absolute Gasteiger partial charge is 0.133 e. The molecule has 0 heterocycles. The molecule has 0 atom stereocenters. The largest absolute Gasteiger partial charge is 0.860 e. The second-order valence-corrected chi connectivity index (χ2v) is 13.2. The summed E-state index contributed by atoms with van der Waals surface area (Å²) in [5.74, 6) is 0.320. The third-order valence-electron chi connectivity index (χ3n) is 9.51. The maximum atomic E-state index is 11.7. The Bertz CT molecular complexity index is 1620. The summed E-state index contributed by atoms with van der Waals surface area (Å²) >= 11 is 0. The van der Waals surface area contributed by atoms with Gasteiger partial charge in [0.2, 0.25) is 0 Å². The third-order valence-corrected chi connectivity index (χ3v) is 9.51. The van der Waals surface area contributed by atoms with Crippen LogP contribution in [0.3, 0.4) is 0 Å². The summed E-state index contributed by atoms with van der Waals surface area (Å²) < 4.78 is 6.87. The Morgan fingerprint density at radius 2 is 0.796 bits per heavy atom. The van der Waals surface area contributed by atoms with E-state index in [1.165, 1.54) is 82.0 Å². The highest BCUT2D eigenvalue weighted by Gasteiger charge is 2.25. The number of unbranched alkanes of at least 4 members (excludes halogenated alkanes) is 4. The summed E-state index contributed by atoms with van der Waals surface area (Å²) in [6.07, 6.45) is 11.1. The van der Waals surface area contributed by atoms with Crippen molar-refractivity contribution in [1.29, 1.82) is 0 Å². The van der Waals surface area contributed by atoms with Gasteiger partial charge in [0.05, 0.1) is 26.2 Å². The number of nitrogens with zero attached hydrogens (tertiary/aromatic N) is 1. The molecule has 0 aromatic heterocycles. The molecule has 0 aliphatic rings. The highest BCUT2D eigenvalue weighted by atomic mass is 16.6. The quantitative estimate of drug-likeness (QED) is 0.0740. The van der Waals surface area contributed by atoms with Crippen LogP contribution in [0.1, 0.15) is 79.1 Å². The predicted molar refractivity (Wildman–Crippen MR) is 206 cm³/mol. The minimum atomic E-state index is -2.44. The van der Waals surface area contributed by atoms with Gasteiger partial charge in [0.15, 0.2) is 0 Å². The number of hydrogen-bond acceptors (Lipinski definition) is 3. The van der Waals surface area contributed by atoms with Crippen LogP contribution in [-0.4, -0.2) is 38.0 Å². The lowest BCUT2D eigenvalue weighted by Gasteiger charge is -2.39. The van der Waals surface area contributed by atoms with Gasteiger partial charge in [0.1, 0.15) is 13.1 Å². The third kappa shape index (κ3) is 10.3. The summed E-state index contributed by atoms with van der Waals surface area (Å²) in [5, 5.41) is 25.2. The van der Waals surface area contributed by atoms with E-state index in [0.29, 0.717) is 5.75 Å². The average Bonchev–Trinajstić information content (AvgIpc) is 3.15. The lowest BCUT2D eigenvalue weighted by atomic mass is 9.83. The van der Waals surface area contributed by atoms with Crippen molar-refractivity contribution < 1.29 is 19.2 Å². The van der Waals surface area contributed by atoms with Gasteiger partial charge < -0.3 is 19.2 Å². The van der Waals surface area contributed by atoms with Crippen LogP contribution in [0.2, 0.25) is 0 Å². The first kappa shape index (κ1) is 37.9. The van der Waals surface area contributed by atoms with Crippen molar-refractivity contribution in [2.45, 2.75) is 79.1 Å². The number of quaternary nitrogens is 1. The molecule has 0 saturated heterocycles. The van der Waals surface area contributed by atoms with Gasteiger partial charge >= 0.3 is 0 Å². The first-order chi connectivity index (χ1) is 24.0. The zero-order chi connectivity index (χ0) is 34.9. The predicted octanol–water partition coefficient (Wildman–Crippen LogP) is 9.93. The minimum absolute atomic E-state index is 0.320. The zero-order valence-electron chi connectivity index (χ0n) is 30.2. The van der Waals surface area contributed by atoms with Crippen molar-refractivity contribution in [3.05, 3.63) is 115 Å². The molecule has 49 heavy (non-hydrogen) atoms. The Balaban J connectivity index is 0.000000272. The van der Waals surface area contributed by atoms with Gasteiger partial charge in [-0.3, -0.25) is 0 Å². The molecule has 5 aromatic rings. The molecule has 0 bridgehead atoms. The van der Waals surface area contributed by atoms with Gasteiger partial charge in [-0.25, -0.2) is 0 Å². The molecule has 5 aromatic carbocycles. The van der Waals surface area contributed by atoms with Crippen molar-refractivity contribution in [2.24, 2.45) is 0 Å². The first-order valence-electron chi connectivity index (χ1n) is 18.6. The van der Waals surface area contributed by atoms with E-state index in [1.54, 1.807) is 0 Å². The molecule has 0 radical (unpaired) electrons. The summed E-state index contributed by atoms with van der Waals surface area (Å²) in [4.78, 5) is 0. The Hall–Kier alpha value is -3.90. The second kappa shape index (κ2) is 19.9. The average molecular weight is 657 g/mol. The fourth-order valence-corrected chi connectivity index (χ4v) is 6.95. The summed E-state index contributed by atoms with van der Waals surface area (Å²) in [6.45, 7) is 15.0. The van der Waals surface area contributed by atoms with E-state index in [0.717, 1.165) is 44.2 Å². The van der Waals surface area contributed by atoms with Gasteiger partial charge in [-0.15, -0.1) is 0 Å². The lowest BCUT2D eigenvalue weighted by Crippen LogP contribution is -2.50. The van der Waals surface area contributed by atoms with Gasteiger partial charge in [-0.1, -0.05) is 169 Å². The number of fused-ring (bicyclic) bond motifs is 1. The van der Waals surface area contributed by atoms with E-state index in [2.05, 4.69) is 39.8 Å². The topological polar surface area (TPSA) is 55.3 Å². The molecule has 5 heteroatoms. The molecule has 0 N–H and O–H groups in total. The zero-order valence-corrected chi connectivity index (χ0v) is 30.2. The van der Waals surface area contributed by atoms with E-state index in [1.807, 2.05) is 103 Å². The highest BCUT2D eigenvalue weighted by molar-refractivity contribution is 6.31. The normalized spacial score (nSPS) is 11.2. The Morgan fingerprint density at radius 3 is 1.18 bits per heavy atom. The van der Waals surface area contributed by atoms with E-state index in [4.69, 9.17) is 4.65 Å². The fraction of sp³-hybridized carbons (Fsp3) is 0.364. The fourth-order valence-electron chi connectivity index (χ4n) is 6.95. The number of benzene rings is 5. The van der Waals surface area contributed by atoms with Crippen LogP contribution in [-0.2, 0) is 0 Å². The molecule has 0 saturated carbocycles. The molecule has 258 valence electrons. The lowest BCUT2D eigenvalue weighted by molar-refractivity contribution is -0.929. The van der Waals surface area contributed by atoms with Crippen molar-refractivity contribution in [3.63, 3.8) is 0 Å². The van der Waals surface area contributed by atoms with Crippen LogP contribution >= 0.6 is 0 Å². The first-order valence-corrected chi connectivity index (χ1v) is 18.6. The Morgan fingerprint density at radius 1 is 0.449 bits per heavy atom. The van der Waals surface area contributed by atoms with E-state index >= 15 is 0 Å². The number of hydrogen-bond donors (Lipinski definition) is 0. The Kier molecular flexibility index (Phi) is 15.4. The SMILES string of the molecule is CCCC[N+](CCCC)(CCCC)CCCC.[O-]B([O-])Oc1c(-c2ccccc2)c(-c2ccccc2)c(-c2ccccc2)c2ccccc12. The van der Waals surface area contributed by atoms with Gasteiger partial charge in [-0.05, 0) is 53.3 Å². The molecule has 0 unspecified atom stereocenters. The van der Waals surface area contributed by atoms with Crippen LogP contribution in [0, 0.1) is 0 Å². The molecule has 0 aliphatic heterocycles. The van der Waals surface area contributed by atoms with Crippen LogP contribution in [0.15, 0.2) is 115 Å². The minimum Gasteiger partial charge on any atom is -0.860 e. The van der Waals surface area contributed by atoms with Crippen LogP contribution in [0.25, 0.3) is 44.2 Å². The maximum Gasteiger partial charge on any atom is 0.133 e. The molecule has 4 nitrogen and oxygen atoms in total. The van der Waals surface area contributed by atoms with Crippen molar-refractivity contribution >= 4 is 18.1 Å². The van der Waals surface area contributed by atoms with Crippen molar-refractivity contribution in [3.8, 4) is 39.1 Å². The van der Waals surface area contributed by atoms with Crippen LogP contribution in [0.5, 0.6) is 5.75 Å². The maximum absolute atomic E-state index is 11.7. The van der Waals surface area contributed by atoms with Gasteiger partial charge in [0, 0.05) is 16.5 Å². The molecule has 0 fully saturated rings. The molecular weight excluding hydrogens is 601 g/mol. The highest BCUT2D eigenvalue weighted by Crippen LogP contribution is 2.50. The van der Waals surface area contributed by atoms with Crippen LogP contribution in [0.4, 0.5) is 0 Å². The second-order valence-electron chi connectivity index (χ2n) is 13.2. The molecule has 0 amide bonds. The van der Waals surface area contributed by atoms with E-state index in [-0.39, 0.29) is 0 Å². The van der Waals surface area contributed by atoms with Crippen molar-refractivity contribution in [1.82, 2.24) is 0 Å². The molecule has 0 aliphatic carbocycles. The van der Waals surface area contributed by atoms with E-state index in [9.17, 15) is 10.0 Å². The standard InChI is InChI=1S/C28H19BO3.C16H36N/c30-29(31)32-28-24-19-11-10-18-23(24)25(20-12-4-1-5-13-20)26(21-14-6-2-7-15-21)27(28)22-16-8-3-9-17-22;1-5-9-13-17(14-10-6-2,15-11-7-3)16-12-8-4/h1-19H;5-16H2,1-4H3/q-2;+1. The monoisotopic (exact) mass is 656 g/mol. The van der Waals surface area contributed by atoms with Crippen LogP contribution < -0.4 is 14.7 Å². The Labute approximate surface area is 296 Å². The summed E-state index contributed by atoms with van der Waals surface area (Å²) in [6, 6.07) is 37.7. The van der Waals surface area contributed by atoms with E-state index < -0.39 is 7.32 Å². The molecule has 0 spiro atoms. The summed E-state index contributed by atoms with van der Waals surface area (Å²) in [5.41, 5.74) is 5.61. The molecule has 5 rings (SSSR count). The van der Waals surface area contributed by atoms with Gasteiger partial charge in [0.25, 0.3) is 0 Å². The number of rotatable bonds is 17. The van der Waals surface area contributed by atoms with Gasteiger partial charge in [-0.2, -0.15) is 0 Å². The molecular formula is C44H55BNO3-. The van der Waals surface area contributed by atoms with Crippen molar-refractivity contribution in [2.75, 3.05) is 26.2 Å².